The lowest BCUT2D eigenvalue weighted by Gasteiger charge is -2.20. The van der Waals surface area contributed by atoms with Crippen LogP contribution in [-0.2, 0) is 11.2 Å². The number of carbonyl (C=O) groups excluding carboxylic acids is 1. The molecule has 0 bridgehead atoms. The maximum absolute atomic E-state index is 11.4. The Morgan fingerprint density at radius 2 is 1.53 bits per heavy atom. The lowest BCUT2D eigenvalue weighted by atomic mass is 9.84. The van der Waals surface area contributed by atoms with Gasteiger partial charge in [0.1, 0.15) is 0 Å². The second-order valence-electron chi connectivity index (χ2n) is 5.47. The lowest BCUT2D eigenvalue weighted by Crippen LogP contribution is -2.09. The van der Waals surface area contributed by atoms with Crippen molar-refractivity contribution in [1.29, 1.82) is 0 Å². The normalized spacial score (nSPS) is 14.6. The fourth-order valence-corrected chi connectivity index (χ4v) is 2.44. The first-order valence-electron chi connectivity index (χ1n) is 6.36. The van der Waals surface area contributed by atoms with Gasteiger partial charge in [-0.25, -0.2) is 0 Å². The topological polar surface area (TPSA) is 17.1 Å². The van der Waals surface area contributed by atoms with E-state index < -0.39 is 0 Å². The Morgan fingerprint density at radius 3 is 2.12 bits per heavy atom. The van der Waals surface area contributed by atoms with Crippen LogP contribution in [0, 0.1) is 0 Å². The van der Waals surface area contributed by atoms with Gasteiger partial charge in [0.15, 0.2) is 5.78 Å². The summed E-state index contributed by atoms with van der Waals surface area (Å²) in [5.74, 6) is 1.26. The first-order chi connectivity index (χ1) is 7.99. The Bertz CT molecular complexity index is 479. The van der Waals surface area contributed by atoms with E-state index in [0.29, 0.717) is 18.3 Å². The third kappa shape index (κ3) is 2.33. The van der Waals surface area contributed by atoms with Gasteiger partial charge in [0.05, 0.1) is 0 Å². The van der Waals surface area contributed by atoms with Crippen molar-refractivity contribution >= 4 is 11.9 Å². The van der Waals surface area contributed by atoms with Crippen LogP contribution in [0.5, 0.6) is 0 Å². The van der Waals surface area contributed by atoms with Crippen LogP contribution in [0.15, 0.2) is 18.2 Å². The van der Waals surface area contributed by atoms with Crippen molar-refractivity contribution in [3.63, 3.8) is 0 Å². The lowest BCUT2D eigenvalue weighted by molar-refractivity contribution is -0.114. The van der Waals surface area contributed by atoms with Crippen LogP contribution >= 0.6 is 0 Å². The molecule has 1 aromatic carbocycles. The van der Waals surface area contributed by atoms with E-state index in [2.05, 4.69) is 39.8 Å². The maximum Gasteiger partial charge on any atom is 0.160 e. The van der Waals surface area contributed by atoms with Crippen molar-refractivity contribution in [2.45, 2.75) is 46.0 Å². The van der Waals surface area contributed by atoms with Gasteiger partial charge >= 0.3 is 0 Å². The minimum atomic E-state index is 0.213. The number of hydrogen-bond acceptors (Lipinski definition) is 1. The fraction of sp³-hybridized carbons (Fsp3) is 0.438. The average Bonchev–Trinajstić information content (AvgIpc) is 2.26. The number of carbonyl (C=O) groups is 1. The molecule has 0 aliphatic heterocycles. The van der Waals surface area contributed by atoms with Crippen LogP contribution in [-0.4, -0.2) is 5.78 Å². The molecule has 1 heteroatoms. The monoisotopic (exact) mass is 228 g/mol. The molecule has 0 N–H and O–H groups in total. The van der Waals surface area contributed by atoms with Gasteiger partial charge in [-0.3, -0.25) is 4.79 Å². The highest BCUT2D eigenvalue weighted by Crippen LogP contribution is 2.31. The van der Waals surface area contributed by atoms with Crippen LogP contribution in [0.2, 0.25) is 0 Å². The quantitative estimate of drug-likeness (QED) is 0.745. The van der Waals surface area contributed by atoms with Crippen molar-refractivity contribution in [2.24, 2.45) is 0 Å². The summed E-state index contributed by atoms with van der Waals surface area (Å²) in [6.45, 7) is 8.89. The third-order valence-corrected chi connectivity index (χ3v) is 3.40. The number of hydrogen-bond donors (Lipinski definition) is 0. The molecule has 0 amide bonds. The Labute approximate surface area is 104 Å². The van der Waals surface area contributed by atoms with Gasteiger partial charge in [0.25, 0.3) is 0 Å². The molecule has 90 valence electrons. The zero-order valence-corrected chi connectivity index (χ0v) is 11.1. The van der Waals surface area contributed by atoms with E-state index >= 15 is 0 Å². The van der Waals surface area contributed by atoms with E-state index in [-0.39, 0.29) is 5.78 Å². The predicted octanol–water partition coefficient (Wildman–Crippen LogP) is 4.07. The summed E-state index contributed by atoms with van der Waals surface area (Å²) in [7, 11) is 0. The maximum atomic E-state index is 11.4. The molecule has 17 heavy (non-hydrogen) atoms. The summed E-state index contributed by atoms with van der Waals surface area (Å²) in [6, 6.07) is 4.50. The highest BCUT2D eigenvalue weighted by atomic mass is 16.1. The van der Waals surface area contributed by atoms with E-state index in [9.17, 15) is 4.79 Å². The number of fused-ring (bicyclic) bond motifs is 1. The Morgan fingerprint density at radius 1 is 0.941 bits per heavy atom. The Kier molecular flexibility index (Phi) is 3.19. The van der Waals surface area contributed by atoms with Crippen LogP contribution in [0.3, 0.4) is 0 Å². The van der Waals surface area contributed by atoms with Crippen molar-refractivity contribution in [3.05, 3.63) is 40.5 Å². The number of allylic oxidation sites excluding steroid dienone is 1. The molecule has 1 aliphatic rings. The van der Waals surface area contributed by atoms with Gasteiger partial charge in [-0.2, -0.15) is 0 Å². The number of ketones is 1. The molecule has 0 fully saturated rings. The van der Waals surface area contributed by atoms with Gasteiger partial charge in [-0.05, 0) is 40.2 Å². The molecule has 1 nitrogen and oxygen atoms in total. The molecule has 0 atom stereocenters. The number of benzene rings is 1. The molecule has 0 spiro atoms. The molecular formula is C16H20O. The van der Waals surface area contributed by atoms with Crippen LogP contribution in [0.25, 0.3) is 6.08 Å². The fourth-order valence-electron chi connectivity index (χ4n) is 2.44. The summed E-state index contributed by atoms with van der Waals surface area (Å²) in [5, 5.41) is 0. The molecule has 0 heterocycles. The van der Waals surface area contributed by atoms with Crippen LogP contribution in [0.4, 0.5) is 0 Å². The molecular weight excluding hydrogens is 208 g/mol. The van der Waals surface area contributed by atoms with Gasteiger partial charge in [-0.1, -0.05) is 45.9 Å². The Balaban J connectivity index is 2.58. The van der Waals surface area contributed by atoms with E-state index in [1.54, 1.807) is 6.08 Å². The molecule has 0 saturated carbocycles. The first kappa shape index (κ1) is 12.1. The molecule has 2 rings (SSSR count). The predicted molar refractivity (Wildman–Crippen MR) is 72.4 cm³/mol. The largest absolute Gasteiger partial charge is 0.294 e. The second kappa shape index (κ2) is 4.48. The summed E-state index contributed by atoms with van der Waals surface area (Å²) in [6.07, 6.45) is 4.21. The highest BCUT2D eigenvalue weighted by Gasteiger charge is 2.17. The Hall–Kier alpha value is -1.37. The molecule has 1 aliphatic carbocycles. The van der Waals surface area contributed by atoms with Gasteiger partial charge < -0.3 is 0 Å². The van der Waals surface area contributed by atoms with Gasteiger partial charge in [0, 0.05) is 6.42 Å². The summed E-state index contributed by atoms with van der Waals surface area (Å²) < 4.78 is 0. The van der Waals surface area contributed by atoms with E-state index in [1.165, 1.54) is 22.3 Å². The number of rotatable bonds is 2. The van der Waals surface area contributed by atoms with Gasteiger partial charge in [0.2, 0.25) is 0 Å². The van der Waals surface area contributed by atoms with Crippen molar-refractivity contribution < 1.29 is 4.79 Å². The standard InChI is InChI=1S/C16H20O/c1-10(2)15-8-12-5-6-14(17)7-13(12)9-16(15)11(3)4/h5-6,8-11H,7H2,1-4H3. The van der Waals surface area contributed by atoms with E-state index in [4.69, 9.17) is 0 Å². The molecule has 0 unspecified atom stereocenters. The zero-order valence-electron chi connectivity index (χ0n) is 11.1. The molecule has 0 saturated heterocycles. The van der Waals surface area contributed by atoms with Crippen molar-refractivity contribution in [2.75, 3.05) is 0 Å². The van der Waals surface area contributed by atoms with E-state index in [0.717, 1.165) is 0 Å². The zero-order chi connectivity index (χ0) is 12.6. The summed E-state index contributed by atoms with van der Waals surface area (Å²) in [5.41, 5.74) is 5.21. The smallest absolute Gasteiger partial charge is 0.160 e. The minimum Gasteiger partial charge on any atom is -0.294 e. The van der Waals surface area contributed by atoms with Crippen molar-refractivity contribution in [3.8, 4) is 0 Å². The summed E-state index contributed by atoms with van der Waals surface area (Å²) >= 11 is 0. The van der Waals surface area contributed by atoms with Crippen LogP contribution in [0.1, 0.15) is 61.8 Å². The molecule has 0 aromatic heterocycles. The molecule has 0 radical (unpaired) electrons. The third-order valence-electron chi connectivity index (χ3n) is 3.40. The van der Waals surface area contributed by atoms with E-state index in [1.807, 2.05) is 6.08 Å². The average molecular weight is 228 g/mol. The SMILES string of the molecule is CC(C)c1cc2c(cc1C(C)C)CC(=O)C=C2. The van der Waals surface area contributed by atoms with Crippen LogP contribution < -0.4 is 0 Å². The van der Waals surface area contributed by atoms with Crippen molar-refractivity contribution in [1.82, 2.24) is 0 Å². The molecule has 1 aromatic rings. The second-order valence-corrected chi connectivity index (χ2v) is 5.47. The first-order valence-corrected chi connectivity index (χ1v) is 6.36. The summed E-state index contributed by atoms with van der Waals surface area (Å²) in [4.78, 5) is 11.4. The highest BCUT2D eigenvalue weighted by molar-refractivity contribution is 5.98. The van der Waals surface area contributed by atoms with Gasteiger partial charge in [-0.15, -0.1) is 0 Å². The minimum absolute atomic E-state index is 0.213.